The molecule has 2 N–H and O–H groups in total. The number of hydrogen-bond acceptors (Lipinski definition) is 5. The number of nitrogens with two attached hydrogens (primary N) is 1. The predicted octanol–water partition coefficient (Wildman–Crippen LogP) is 0.446. The summed E-state index contributed by atoms with van der Waals surface area (Å²) in [5, 5.41) is 11.3. The minimum Gasteiger partial charge on any atom is -0.324 e. The summed E-state index contributed by atoms with van der Waals surface area (Å²) in [4.78, 5) is 0. The van der Waals surface area contributed by atoms with E-state index < -0.39 is 0 Å². The molecular weight excluding hydrogens is 186 g/mol. The van der Waals surface area contributed by atoms with Gasteiger partial charge in [-0.15, -0.1) is 5.10 Å². The fourth-order valence-corrected chi connectivity index (χ4v) is 1.77. The smallest absolute Gasteiger partial charge is 0.165 e. The highest BCUT2D eigenvalue weighted by atomic mass is 32.2. The van der Waals surface area contributed by atoms with E-state index in [9.17, 15) is 0 Å². The van der Waals surface area contributed by atoms with Crippen molar-refractivity contribution >= 4 is 11.8 Å². The molecule has 0 aliphatic rings. The van der Waals surface area contributed by atoms with E-state index in [-0.39, 0.29) is 0 Å². The summed E-state index contributed by atoms with van der Waals surface area (Å²) in [6.45, 7) is 4.63. The fourth-order valence-electron chi connectivity index (χ4n) is 1.05. The SMILES string of the molecule is CCSCC(C)n1nnnc1CN. The summed E-state index contributed by atoms with van der Waals surface area (Å²) >= 11 is 1.88. The van der Waals surface area contributed by atoms with Crippen LogP contribution in [-0.4, -0.2) is 31.7 Å². The molecule has 0 saturated carbocycles. The molecule has 1 aromatic rings. The molecule has 13 heavy (non-hydrogen) atoms. The Kier molecular flexibility index (Phi) is 4.17. The topological polar surface area (TPSA) is 69.6 Å². The molecule has 5 nitrogen and oxygen atoms in total. The van der Waals surface area contributed by atoms with E-state index in [2.05, 4.69) is 29.4 Å². The normalized spacial score (nSPS) is 13.2. The van der Waals surface area contributed by atoms with Crippen LogP contribution in [0.3, 0.4) is 0 Å². The maximum atomic E-state index is 5.49. The summed E-state index contributed by atoms with van der Waals surface area (Å²) in [5.41, 5.74) is 5.49. The van der Waals surface area contributed by atoms with E-state index in [4.69, 9.17) is 5.73 Å². The van der Waals surface area contributed by atoms with Gasteiger partial charge in [0, 0.05) is 5.75 Å². The van der Waals surface area contributed by atoms with Crippen LogP contribution in [0.15, 0.2) is 0 Å². The third kappa shape index (κ3) is 2.67. The monoisotopic (exact) mass is 201 g/mol. The quantitative estimate of drug-likeness (QED) is 0.749. The first-order valence-corrected chi connectivity index (χ1v) is 5.49. The summed E-state index contributed by atoms with van der Waals surface area (Å²) < 4.78 is 1.79. The highest BCUT2D eigenvalue weighted by Crippen LogP contribution is 2.12. The molecule has 74 valence electrons. The molecule has 1 rings (SSSR count). The minimum absolute atomic E-state index is 0.318. The maximum Gasteiger partial charge on any atom is 0.165 e. The Morgan fingerprint density at radius 3 is 3.00 bits per heavy atom. The Morgan fingerprint density at radius 1 is 1.62 bits per heavy atom. The fraction of sp³-hybridized carbons (Fsp3) is 0.857. The lowest BCUT2D eigenvalue weighted by Gasteiger charge is -2.11. The number of nitrogens with zero attached hydrogens (tertiary/aromatic N) is 4. The van der Waals surface area contributed by atoms with Crippen LogP contribution in [0.4, 0.5) is 0 Å². The van der Waals surface area contributed by atoms with Gasteiger partial charge >= 0.3 is 0 Å². The highest BCUT2D eigenvalue weighted by molar-refractivity contribution is 7.99. The Hall–Kier alpha value is -0.620. The molecule has 1 atom stereocenters. The van der Waals surface area contributed by atoms with Crippen molar-refractivity contribution in [2.75, 3.05) is 11.5 Å². The third-order valence-electron chi connectivity index (χ3n) is 1.72. The van der Waals surface area contributed by atoms with Crippen LogP contribution < -0.4 is 5.73 Å². The van der Waals surface area contributed by atoms with Gasteiger partial charge in [-0.3, -0.25) is 0 Å². The molecule has 0 amide bonds. The molecule has 1 aromatic heterocycles. The van der Waals surface area contributed by atoms with Crippen LogP contribution in [0, 0.1) is 0 Å². The van der Waals surface area contributed by atoms with Gasteiger partial charge in [0.1, 0.15) is 0 Å². The van der Waals surface area contributed by atoms with Crippen molar-refractivity contribution in [2.24, 2.45) is 5.73 Å². The third-order valence-corrected chi connectivity index (χ3v) is 2.85. The van der Waals surface area contributed by atoms with E-state index >= 15 is 0 Å². The zero-order chi connectivity index (χ0) is 9.68. The summed E-state index contributed by atoms with van der Waals surface area (Å²) in [7, 11) is 0. The second-order valence-corrected chi connectivity index (χ2v) is 4.07. The average molecular weight is 201 g/mol. The molecule has 0 radical (unpaired) electrons. The average Bonchev–Trinajstić information content (AvgIpc) is 2.61. The predicted molar refractivity (Wildman–Crippen MR) is 53.4 cm³/mol. The Balaban J connectivity index is 2.59. The lowest BCUT2D eigenvalue weighted by molar-refractivity contribution is 0.500. The molecule has 1 heterocycles. The standard InChI is InChI=1S/C7H15N5S/c1-3-13-5-6(2)12-7(4-8)9-10-11-12/h6H,3-5,8H2,1-2H3. The maximum absolute atomic E-state index is 5.49. The van der Waals surface area contributed by atoms with E-state index in [0.29, 0.717) is 12.6 Å². The number of thioether (sulfide) groups is 1. The molecule has 0 bridgehead atoms. The zero-order valence-corrected chi connectivity index (χ0v) is 8.79. The Labute approximate surface area is 82.1 Å². The number of rotatable bonds is 5. The first kappa shape index (κ1) is 10.5. The second-order valence-electron chi connectivity index (χ2n) is 2.75. The van der Waals surface area contributed by atoms with E-state index in [1.807, 2.05) is 11.8 Å². The molecule has 1 unspecified atom stereocenters. The molecule has 0 aliphatic carbocycles. The second kappa shape index (κ2) is 5.18. The summed E-state index contributed by atoms with van der Waals surface area (Å²) in [5.74, 6) is 2.89. The minimum atomic E-state index is 0.318. The van der Waals surface area contributed by atoms with Gasteiger partial charge in [0.15, 0.2) is 5.82 Å². The highest BCUT2D eigenvalue weighted by Gasteiger charge is 2.10. The van der Waals surface area contributed by atoms with Gasteiger partial charge in [-0.2, -0.15) is 11.8 Å². The van der Waals surface area contributed by atoms with Crippen LogP contribution in [-0.2, 0) is 6.54 Å². The van der Waals surface area contributed by atoms with Gasteiger partial charge in [-0.05, 0) is 23.1 Å². The van der Waals surface area contributed by atoms with Crippen LogP contribution in [0.25, 0.3) is 0 Å². The van der Waals surface area contributed by atoms with Crippen molar-refractivity contribution in [3.63, 3.8) is 0 Å². The van der Waals surface area contributed by atoms with E-state index in [1.165, 1.54) is 0 Å². The molecule has 6 heteroatoms. The van der Waals surface area contributed by atoms with Crippen molar-refractivity contribution in [3.8, 4) is 0 Å². The summed E-state index contributed by atoms with van der Waals surface area (Å²) in [6, 6.07) is 0.318. The molecule has 0 aliphatic heterocycles. The van der Waals surface area contributed by atoms with Crippen molar-refractivity contribution in [2.45, 2.75) is 26.4 Å². The first-order valence-electron chi connectivity index (χ1n) is 4.34. The Morgan fingerprint density at radius 2 is 2.38 bits per heavy atom. The first-order chi connectivity index (χ1) is 6.29. The van der Waals surface area contributed by atoms with Crippen molar-refractivity contribution < 1.29 is 0 Å². The van der Waals surface area contributed by atoms with Crippen molar-refractivity contribution in [1.82, 2.24) is 20.2 Å². The lowest BCUT2D eigenvalue weighted by atomic mass is 10.4. The van der Waals surface area contributed by atoms with Crippen molar-refractivity contribution in [3.05, 3.63) is 5.82 Å². The van der Waals surface area contributed by atoms with Crippen LogP contribution >= 0.6 is 11.8 Å². The number of aromatic nitrogens is 4. The lowest BCUT2D eigenvalue weighted by Crippen LogP contribution is -2.15. The van der Waals surface area contributed by atoms with Gasteiger partial charge in [0.2, 0.25) is 0 Å². The molecule has 0 spiro atoms. The van der Waals surface area contributed by atoms with E-state index in [1.54, 1.807) is 4.68 Å². The number of hydrogen-bond donors (Lipinski definition) is 1. The molecule has 0 aromatic carbocycles. The summed E-state index contributed by atoms with van der Waals surface area (Å²) in [6.07, 6.45) is 0. The molecule has 0 saturated heterocycles. The van der Waals surface area contributed by atoms with Gasteiger partial charge < -0.3 is 5.73 Å². The van der Waals surface area contributed by atoms with Crippen LogP contribution in [0.2, 0.25) is 0 Å². The van der Waals surface area contributed by atoms with Crippen LogP contribution in [0.1, 0.15) is 25.7 Å². The van der Waals surface area contributed by atoms with Gasteiger partial charge in [0.25, 0.3) is 0 Å². The largest absolute Gasteiger partial charge is 0.324 e. The molecular formula is C7H15N5S. The van der Waals surface area contributed by atoms with E-state index in [0.717, 1.165) is 17.3 Å². The van der Waals surface area contributed by atoms with Crippen molar-refractivity contribution in [1.29, 1.82) is 0 Å². The van der Waals surface area contributed by atoms with Gasteiger partial charge in [-0.1, -0.05) is 6.92 Å². The Bertz CT molecular complexity index is 249. The zero-order valence-electron chi connectivity index (χ0n) is 7.97. The van der Waals surface area contributed by atoms with Gasteiger partial charge in [0.05, 0.1) is 12.6 Å². The van der Waals surface area contributed by atoms with Gasteiger partial charge in [-0.25, -0.2) is 4.68 Å². The molecule has 0 fully saturated rings. The van der Waals surface area contributed by atoms with Crippen LogP contribution in [0.5, 0.6) is 0 Å². The number of tetrazole rings is 1.